The average molecular weight is 703 g/mol. The summed E-state index contributed by atoms with van der Waals surface area (Å²) in [5.74, 6) is -6.60. The first-order valence-corrected chi connectivity index (χ1v) is 15.9. The van der Waals surface area contributed by atoms with E-state index in [1.807, 2.05) is 0 Å². The minimum absolute atomic E-state index is 0.0146. The van der Waals surface area contributed by atoms with Crippen LogP contribution in [0.15, 0.2) is 90.9 Å². The molecule has 0 aliphatic heterocycles. The number of rotatable bonds is 11. The molecule has 20 heteroatoms. The summed E-state index contributed by atoms with van der Waals surface area (Å²) in [5.41, 5.74) is -2.81. The van der Waals surface area contributed by atoms with Crippen LogP contribution in [0, 0.1) is 0 Å². The third kappa shape index (κ3) is 7.70. The Bertz CT molecular complexity index is 2090. The van der Waals surface area contributed by atoms with Crippen LogP contribution in [0.4, 0.5) is 22.7 Å². The number of carboxylic acids is 2. The maximum atomic E-state index is 12.2. The van der Waals surface area contributed by atoms with Crippen LogP contribution in [0.2, 0.25) is 0 Å². The molecule has 250 valence electrons. The lowest BCUT2D eigenvalue weighted by Crippen LogP contribution is -2.07. The van der Waals surface area contributed by atoms with Gasteiger partial charge in [0.2, 0.25) is 0 Å². The van der Waals surface area contributed by atoms with Gasteiger partial charge in [0.1, 0.15) is 34.0 Å². The lowest BCUT2D eigenvalue weighted by Gasteiger charge is -2.11. The van der Waals surface area contributed by atoms with E-state index in [1.54, 1.807) is 0 Å². The molecular formula is C28H22N4O14S2. The Morgan fingerprint density at radius 1 is 0.542 bits per heavy atom. The molecule has 4 rings (SSSR count). The van der Waals surface area contributed by atoms with Gasteiger partial charge in [0.25, 0.3) is 20.2 Å². The van der Waals surface area contributed by atoms with Gasteiger partial charge in [-0.2, -0.15) is 27.1 Å². The largest absolute Gasteiger partial charge is 0.507 e. The molecule has 0 bridgehead atoms. The zero-order chi connectivity index (χ0) is 35.6. The van der Waals surface area contributed by atoms with Crippen molar-refractivity contribution < 1.29 is 66.2 Å². The molecule has 0 aliphatic carbocycles. The van der Waals surface area contributed by atoms with Gasteiger partial charge in [-0.25, -0.2) is 9.59 Å². The molecule has 4 aromatic rings. The van der Waals surface area contributed by atoms with E-state index >= 15 is 0 Å². The Morgan fingerprint density at radius 2 is 0.896 bits per heavy atom. The van der Waals surface area contributed by atoms with Crippen molar-refractivity contribution in [2.24, 2.45) is 20.5 Å². The van der Waals surface area contributed by atoms with E-state index in [-0.39, 0.29) is 46.7 Å². The lowest BCUT2D eigenvalue weighted by atomic mass is 10.0. The second kappa shape index (κ2) is 13.4. The number of carboxylic acid groups (broad SMARTS) is 2. The maximum Gasteiger partial charge on any atom is 0.343 e. The Labute approximate surface area is 269 Å². The average Bonchev–Trinajstić information content (AvgIpc) is 2.98. The predicted octanol–water partition coefficient (Wildman–Crippen LogP) is 5.01. The van der Waals surface area contributed by atoms with Crippen LogP contribution >= 0.6 is 0 Å². The first kappa shape index (κ1) is 34.9. The second-order valence-corrected chi connectivity index (χ2v) is 12.5. The molecular weight excluding hydrogens is 680 g/mol. The Hall–Kier alpha value is -5.96. The Morgan fingerprint density at radius 3 is 1.21 bits per heavy atom. The van der Waals surface area contributed by atoms with Gasteiger partial charge in [-0.15, -0.1) is 10.2 Å². The summed E-state index contributed by atoms with van der Waals surface area (Å²) >= 11 is 0. The molecule has 0 heterocycles. The molecule has 0 radical (unpaired) electrons. The van der Waals surface area contributed by atoms with E-state index in [4.69, 9.17) is 10.2 Å². The molecule has 0 spiro atoms. The maximum absolute atomic E-state index is 12.2. The number of azo groups is 2. The topological polar surface area (TPSA) is 314 Å². The summed E-state index contributed by atoms with van der Waals surface area (Å²) in [7, 11) is -9.80. The Balaban J connectivity index is 1.63. The summed E-state index contributed by atoms with van der Waals surface area (Å²) in [6.45, 7) is 0. The third-order valence-electron chi connectivity index (χ3n) is 6.56. The number of hydrogen-bond donors (Lipinski definition) is 8. The summed E-state index contributed by atoms with van der Waals surface area (Å²) in [6.07, 6.45) is -0.425. The molecule has 8 N–H and O–H groups in total. The summed E-state index contributed by atoms with van der Waals surface area (Å²) < 4.78 is 68.5. The summed E-state index contributed by atoms with van der Waals surface area (Å²) in [4.78, 5) is 21.3. The standard InChI is InChI=1S/C28H22N4O14S2/c33-19-9-7-17(25(35)23(19)27(37)38)31-29-15-5-3-13(21(11-15)47(41,42)43)1-2-14-4-6-16(12-22(14)48(44,45)46)30-32-18-8-10-20(34)24(26(18)36)28(39)40/h3-12,33-36H,1-2H2,(H,37,38)(H,39,40)(H,41,42,43)(H,44,45,46). The number of carbonyl (C=O) groups is 2. The molecule has 0 atom stereocenters. The predicted molar refractivity (Wildman–Crippen MR) is 162 cm³/mol. The van der Waals surface area contributed by atoms with Crippen molar-refractivity contribution in [3.05, 3.63) is 82.9 Å². The smallest absolute Gasteiger partial charge is 0.343 e. The monoisotopic (exact) mass is 702 g/mol. The number of hydrogen-bond acceptors (Lipinski definition) is 14. The molecule has 0 fully saturated rings. The van der Waals surface area contributed by atoms with Crippen molar-refractivity contribution in [1.82, 2.24) is 0 Å². The fourth-order valence-electron chi connectivity index (χ4n) is 4.32. The van der Waals surface area contributed by atoms with Gasteiger partial charge in [0.15, 0.2) is 11.5 Å². The van der Waals surface area contributed by atoms with Crippen LogP contribution in [0.1, 0.15) is 31.8 Å². The van der Waals surface area contributed by atoms with Crippen molar-refractivity contribution in [2.75, 3.05) is 0 Å². The Kier molecular flexibility index (Phi) is 9.75. The minimum atomic E-state index is -4.90. The molecule has 0 unspecified atom stereocenters. The van der Waals surface area contributed by atoms with Gasteiger partial charge in [0, 0.05) is 0 Å². The van der Waals surface area contributed by atoms with Crippen molar-refractivity contribution in [2.45, 2.75) is 22.6 Å². The number of aryl methyl sites for hydroxylation is 2. The summed E-state index contributed by atoms with van der Waals surface area (Å²) in [6, 6.07) is 10.8. The highest BCUT2D eigenvalue weighted by Crippen LogP contribution is 2.38. The van der Waals surface area contributed by atoms with Gasteiger partial charge in [0.05, 0.1) is 21.2 Å². The number of nitrogens with zero attached hydrogens (tertiary/aromatic N) is 4. The van der Waals surface area contributed by atoms with Crippen molar-refractivity contribution in [3.63, 3.8) is 0 Å². The van der Waals surface area contributed by atoms with E-state index in [1.165, 1.54) is 24.3 Å². The van der Waals surface area contributed by atoms with Gasteiger partial charge in [-0.05, 0) is 72.5 Å². The molecule has 0 saturated carbocycles. The van der Waals surface area contributed by atoms with Crippen LogP contribution in [0.5, 0.6) is 23.0 Å². The number of phenols is 4. The van der Waals surface area contributed by atoms with Crippen LogP contribution < -0.4 is 0 Å². The minimum Gasteiger partial charge on any atom is -0.507 e. The number of aromatic carboxylic acids is 2. The quantitative estimate of drug-likeness (QED) is 0.0752. The second-order valence-electron chi connectivity index (χ2n) is 9.70. The normalized spacial score (nSPS) is 12.1. The molecule has 0 saturated heterocycles. The highest BCUT2D eigenvalue weighted by molar-refractivity contribution is 7.86. The van der Waals surface area contributed by atoms with E-state index in [2.05, 4.69) is 20.5 Å². The zero-order valence-electron chi connectivity index (χ0n) is 23.8. The number of aromatic hydroxyl groups is 4. The van der Waals surface area contributed by atoms with Crippen LogP contribution in [0.3, 0.4) is 0 Å². The number of benzene rings is 4. The van der Waals surface area contributed by atoms with E-state index < -0.39 is 76.1 Å². The first-order valence-electron chi connectivity index (χ1n) is 13.0. The van der Waals surface area contributed by atoms with Crippen molar-refractivity contribution >= 4 is 54.9 Å². The zero-order valence-corrected chi connectivity index (χ0v) is 25.5. The molecule has 0 aromatic heterocycles. The fourth-order valence-corrected chi connectivity index (χ4v) is 5.86. The molecule has 0 aliphatic rings. The highest BCUT2D eigenvalue weighted by Gasteiger charge is 2.22. The third-order valence-corrected chi connectivity index (χ3v) is 8.44. The van der Waals surface area contributed by atoms with Gasteiger partial charge >= 0.3 is 11.9 Å². The van der Waals surface area contributed by atoms with Gasteiger partial charge in [-0.1, -0.05) is 12.1 Å². The first-order chi connectivity index (χ1) is 22.4. The van der Waals surface area contributed by atoms with Crippen LogP contribution in [-0.2, 0) is 33.1 Å². The molecule has 18 nitrogen and oxygen atoms in total. The van der Waals surface area contributed by atoms with Gasteiger partial charge < -0.3 is 30.6 Å². The van der Waals surface area contributed by atoms with E-state index in [9.17, 15) is 56.0 Å². The summed E-state index contributed by atoms with van der Waals surface area (Å²) in [5, 5.41) is 72.7. The van der Waals surface area contributed by atoms with Crippen molar-refractivity contribution in [3.8, 4) is 23.0 Å². The van der Waals surface area contributed by atoms with E-state index in [0.29, 0.717) is 0 Å². The van der Waals surface area contributed by atoms with E-state index in [0.717, 1.165) is 36.4 Å². The van der Waals surface area contributed by atoms with Crippen LogP contribution in [-0.4, -0.2) is 68.5 Å². The lowest BCUT2D eigenvalue weighted by molar-refractivity contribution is 0.0678. The molecule has 0 amide bonds. The highest BCUT2D eigenvalue weighted by atomic mass is 32.2. The fraction of sp³-hybridized carbons (Fsp3) is 0.0714. The van der Waals surface area contributed by atoms with Gasteiger partial charge in [-0.3, -0.25) is 9.11 Å². The molecule has 4 aromatic carbocycles. The molecule has 48 heavy (non-hydrogen) atoms. The van der Waals surface area contributed by atoms with Crippen LogP contribution in [0.25, 0.3) is 0 Å². The van der Waals surface area contributed by atoms with Crippen molar-refractivity contribution in [1.29, 1.82) is 0 Å². The SMILES string of the molecule is O=C(O)c1c(O)ccc(N=Nc2ccc(CCc3ccc(N=Nc4ccc(O)c(C(=O)O)c4O)cc3S(=O)(=O)O)c(S(=O)(=O)O)c2)c1O.